The Morgan fingerprint density at radius 2 is 1.75 bits per heavy atom. The molecule has 8 N–H and O–H groups in total. The monoisotopic (exact) mass is 447 g/mol. The van der Waals surface area contributed by atoms with E-state index in [0.29, 0.717) is 10.5 Å². The maximum Gasteiger partial charge on any atom is 0.256 e. The molecule has 0 unspecified atom stereocenters. The van der Waals surface area contributed by atoms with Crippen LogP contribution >= 0.6 is 0 Å². The number of fused-ring (bicyclic) bond motifs is 3. The van der Waals surface area contributed by atoms with Crippen molar-refractivity contribution in [2.75, 3.05) is 14.1 Å². The Hall–Kier alpha value is -2.79. The smallest absolute Gasteiger partial charge is 0.256 e. The summed E-state index contributed by atoms with van der Waals surface area (Å²) in [6.45, 7) is 1.72. The summed E-state index contributed by atoms with van der Waals surface area (Å²) in [7, 11) is 3.13. The molecule has 4 rings (SSSR count). The van der Waals surface area contributed by atoms with Crippen molar-refractivity contribution in [3.05, 3.63) is 40.7 Å². The zero-order valence-electron chi connectivity index (χ0n) is 17.8. The lowest BCUT2D eigenvalue weighted by molar-refractivity contribution is -0.882. The highest BCUT2D eigenvalue weighted by atomic mass is 16.4. The van der Waals surface area contributed by atoms with Crippen molar-refractivity contribution in [1.82, 2.24) is 0 Å². The standard InChI is InChI=1S/C22H26N2O8/c1-7-8-5-4-6-9(25)11(8)16(26)12-10(7)17(27)14-15(24(2)3)18(28)13(21(23)31)20(30)22(14,32)19(12)29/h4-7,10,12,14-15,17,19,25,27,29-30,32H,1-3H3,(H2,23,31)/p+1/t7-,10+,12-,14-,15-,17-,19+,22-/m0/s1. The fraction of sp³-hybridized carbons (Fsp3) is 0.500. The number of phenols is 1. The fourth-order valence-corrected chi connectivity index (χ4v) is 6.14. The number of nitrogens with one attached hydrogen (secondary N) is 1. The highest BCUT2D eigenvalue weighted by molar-refractivity contribution is 6.21. The van der Waals surface area contributed by atoms with Crippen molar-refractivity contribution in [2.24, 2.45) is 23.5 Å². The Morgan fingerprint density at radius 1 is 1.12 bits per heavy atom. The third-order valence-electron chi connectivity index (χ3n) is 7.54. The number of likely N-dealkylation sites (N-methyl/N-ethyl adjacent to an activating group) is 1. The van der Waals surface area contributed by atoms with Crippen molar-refractivity contribution < 1.29 is 44.8 Å². The molecule has 10 heteroatoms. The summed E-state index contributed by atoms with van der Waals surface area (Å²) in [5.41, 5.74) is 2.19. The molecule has 32 heavy (non-hydrogen) atoms. The van der Waals surface area contributed by atoms with Crippen LogP contribution in [0.1, 0.15) is 28.8 Å². The molecule has 3 aliphatic rings. The fourth-order valence-electron chi connectivity index (χ4n) is 6.14. The largest absolute Gasteiger partial charge is 0.508 e. The number of Topliss-reactive ketones (excluding diaryl/α,β-unsaturated/α-hetero) is 2. The number of rotatable bonds is 2. The summed E-state index contributed by atoms with van der Waals surface area (Å²) < 4.78 is 0. The zero-order chi connectivity index (χ0) is 23.9. The number of aromatic hydroxyl groups is 1. The first-order valence-electron chi connectivity index (χ1n) is 10.4. The van der Waals surface area contributed by atoms with E-state index in [1.165, 1.54) is 6.07 Å². The van der Waals surface area contributed by atoms with Crippen LogP contribution < -0.4 is 10.6 Å². The van der Waals surface area contributed by atoms with Crippen molar-refractivity contribution in [3.8, 4) is 5.75 Å². The molecular formula is C22H27N2O8+. The Balaban J connectivity index is 1.99. The molecule has 1 aromatic carbocycles. The van der Waals surface area contributed by atoms with Crippen LogP contribution in [0.4, 0.5) is 0 Å². The molecule has 0 aliphatic heterocycles. The van der Waals surface area contributed by atoms with E-state index in [9.17, 15) is 39.9 Å². The van der Waals surface area contributed by atoms with Gasteiger partial charge < -0.3 is 36.2 Å². The van der Waals surface area contributed by atoms with Gasteiger partial charge in [0.1, 0.15) is 23.2 Å². The molecule has 0 radical (unpaired) electrons. The van der Waals surface area contributed by atoms with Gasteiger partial charge in [-0.2, -0.15) is 0 Å². The first kappa shape index (κ1) is 22.4. The molecule has 1 saturated carbocycles. The van der Waals surface area contributed by atoms with Gasteiger partial charge in [-0.05, 0) is 17.5 Å². The number of aliphatic hydroxyl groups is 4. The number of aliphatic hydroxyl groups excluding tert-OH is 3. The summed E-state index contributed by atoms with van der Waals surface area (Å²) in [6, 6.07) is 3.29. The quantitative estimate of drug-likeness (QED) is 0.241. The van der Waals surface area contributed by atoms with Gasteiger partial charge in [0.15, 0.2) is 17.4 Å². The first-order chi connectivity index (χ1) is 14.9. The summed E-state index contributed by atoms with van der Waals surface area (Å²) in [4.78, 5) is 38.9. The molecule has 0 spiro atoms. The number of nitrogens with two attached hydrogens (primary N) is 1. The van der Waals surface area contributed by atoms with E-state index in [2.05, 4.69) is 0 Å². The number of primary amides is 1. The van der Waals surface area contributed by atoms with Gasteiger partial charge in [0, 0.05) is 5.92 Å². The summed E-state index contributed by atoms with van der Waals surface area (Å²) in [5.74, 6) is -8.61. The maximum atomic E-state index is 13.4. The molecule has 0 saturated heterocycles. The molecule has 3 aliphatic carbocycles. The van der Waals surface area contributed by atoms with Crippen LogP contribution in [-0.2, 0) is 9.59 Å². The van der Waals surface area contributed by atoms with Gasteiger partial charge in [-0.3, -0.25) is 14.4 Å². The molecule has 0 aromatic heterocycles. The third-order valence-corrected chi connectivity index (χ3v) is 7.54. The van der Waals surface area contributed by atoms with Gasteiger partial charge >= 0.3 is 0 Å². The number of ketones is 2. The highest BCUT2D eigenvalue weighted by Crippen LogP contribution is 2.55. The molecule has 0 heterocycles. The normalized spacial score (nSPS) is 38.9. The molecule has 8 atom stereocenters. The minimum absolute atomic E-state index is 0.0326. The average molecular weight is 447 g/mol. The Bertz CT molecular complexity index is 1070. The van der Waals surface area contributed by atoms with E-state index in [-0.39, 0.29) is 11.3 Å². The summed E-state index contributed by atoms with van der Waals surface area (Å²) in [6.07, 6.45) is -3.49. The van der Waals surface area contributed by atoms with Crippen LogP contribution in [-0.4, -0.2) is 81.0 Å². The van der Waals surface area contributed by atoms with E-state index >= 15 is 0 Å². The van der Waals surface area contributed by atoms with Gasteiger partial charge in [0.25, 0.3) is 5.91 Å². The Labute approximate surface area is 183 Å². The number of phenolic OH excluding ortho intramolecular Hbond substituents is 1. The second-order valence-corrected chi connectivity index (χ2v) is 9.29. The second-order valence-electron chi connectivity index (χ2n) is 9.29. The predicted molar refractivity (Wildman–Crippen MR) is 109 cm³/mol. The van der Waals surface area contributed by atoms with Gasteiger partial charge in [-0.25, -0.2) is 0 Å². The maximum absolute atomic E-state index is 13.4. The van der Waals surface area contributed by atoms with Gasteiger partial charge in [-0.1, -0.05) is 19.1 Å². The number of carbonyl (C=O) groups excluding carboxylic acids is 3. The van der Waals surface area contributed by atoms with Gasteiger partial charge in [-0.15, -0.1) is 0 Å². The van der Waals surface area contributed by atoms with Gasteiger partial charge in [0.05, 0.1) is 37.6 Å². The molecule has 10 nitrogen and oxygen atoms in total. The third kappa shape index (κ3) is 2.57. The van der Waals surface area contributed by atoms with Crippen LogP contribution in [0.25, 0.3) is 0 Å². The van der Waals surface area contributed by atoms with Crippen molar-refractivity contribution in [1.29, 1.82) is 0 Å². The molecule has 172 valence electrons. The molecular weight excluding hydrogens is 420 g/mol. The zero-order valence-corrected chi connectivity index (χ0v) is 17.8. The molecule has 1 fully saturated rings. The van der Waals surface area contributed by atoms with E-state index in [4.69, 9.17) is 5.73 Å². The van der Waals surface area contributed by atoms with E-state index in [1.54, 1.807) is 33.2 Å². The Kier molecular flexibility index (Phi) is 4.98. The number of quaternary nitrogens is 1. The minimum atomic E-state index is -2.68. The number of hydrogen-bond donors (Lipinski definition) is 7. The summed E-state index contributed by atoms with van der Waals surface area (Å²) in [5, 5.41) is 55.5. The van der Waals surface area contributed by atoms with Crippen LogP contribution in [0.5, 0.6) is 5.75 Å². The van der Waals surface area contributed by atoms with Crippen LogP contribution in [0, 0.1) is 17.8 Å². The number of carbonyl (C=O) groups is 3. The lowest BCUT2D eigenvalue weighted by Gasteiger charge is -2.57. The first-order valence-corrected chi connectivity index (χ1v) is 10.4. The summed E-state index contributed by atoms with van der Waals surface area (Å²) >= 11 is 0. The van der Waals surface area contributed by atoms with Crippen LogP contribution in [0.2, 0.25) is 0 Å². The lowest BCUT2D eigenvalue weighted by Crippen LogP contribution is -3.13. The lowest BCUT2D eigenvalue weighted by atomic mass is 9.50. The number of benzene rings is 1. The van der Waals surface area contributed by atoms with Crippen LogP contribution in [0.15, 0.2) is 29.5 Å². The van der Waals surface area contributed by atoms with Crippen molar-refractivity contribution in [2.45, 2.75) is 36.7 Å². The number of hydrogen-bond acceptors (Lipinski definition) is 8. The van der Waals surface area contributed by atoms with Gasteiger partial charge in [0.2, 0.25) is 5.78 Å². The van der Waals surface area contributed by atoms with E-state index in [0.717, 1.165) is 0 Å². The highest BCUT2D eigenvalue weighted by Gasteiger charge is 2.71. The van der Waals surface area contributed by atoms with Crippen molar-refractivity contribution >= 4 is 17.5 Å². The van der Waals surface area contributed by atoms with Crippen molar-refractivity contribution in [3.63, 3.8) is 0 Å². The van der Waals surface area contributed by atoms with E-state index in [1.807, 2.05) is 0 Å². The molecule has 0 bridgehead atoms. The predicted octanol–water partition coefficient (Wildman–Crippen LogP) is -2.60. The molecule has 1 aromatic rings. The van der Waals surface area contributed by atoms with Crippen LogP contribution in [0.3, 0.4) is 0 Å². The van der Waals surface area contributed by atoms with E-state index < -0.39 is 76.3 Å². The molecule has 1 amide bonds. The SMILES string of the molecule is C[C@H]1c2cccc(O)c2C(=O)[C@@H]2[C@@H]1[C@H](O)[C@@H]1[C@H]([NH+](C)C)C(=O)C(C(N)=O)=C(O)[C@@]1(O)[C@@H]2O. The average Bonchev–Trinajstić information content (AvgIpc) is 2.70. The second kappa shape index (κ2) is 7.11. The topological polar surface area (TPSA) is 183 Å². The Morgan fingerprint density at radius 3 is 2.31 bits per heavy atom. The minimum Gasteiger partial charge on any atom is -0.508 e. The number of amides is 1.